The maximum atomic E-state index is 13.0. The normalized spacial score (nSPS) is 20.9. The van der Waals surface area contributed by atoms with Crippen LogP contribution in [0.1, 0.15) is 47.8 Å². The number of ether oxygens (including phenoxy) is 6. The zero-order valence-corrected chi connectivity index (χ0v) is 26.4. The maximum absolute atomic E-state index is 13.0. The van der Waals surface area contributed by atoms with Gasteiger partial charge >= 0.3 is 17.6 Å². The summed E-state index contributed by atoms with van der Waals surface area (Å²) in [7, 11) is -2.50. The van der Waals surface area contributed by atoms with Gasteiger partial charge in [-0.2, -0.15) is 4.98 Å². The van der Waals surface area contributed by atoms with Crippen molar-refractivity contribution in [2.24, 2.45) is 0 Å². The van der Waals surface area contributed by atoms with Crippen molar-refractivity contribution >= 4 is 32.0 Å². The fourth-order valence-corrected chi connectivity index (χ4v) is 4.97. The lowest BCUT2D eigenvalue weighted by molar-refractivity contribution is -0.320. The lowest BCUT2D eigenvalue weighted by Crippen LogP contribution is -2.51. The van der Waals surface area contributed by atoms with E-state index in [9.17, 15) is 24.3 Å². The second-order valence-electron chi connectivity index (χ2n) is 11.1. The van der Waals surface area contributed by atoms with Crippen molar-refractivity contribution in [3.63, 3.8) is 0 Å². The minimum atomic E-state index is -2.50. The molecule has 4 atom stereocenters. The number of carbonyl (C=O) groups excluding carboxylic acids is 3. The summed E-state index contributed by atoms with van der Waals surface area (Å²) in [6.45, 7) is 11.7. The fourth-order valence-electron chi connectivity index (χ4n) is 3.65. The van der Waals surface area contributed by atoms with E-state index in [0.717, 1.165) is 4.57 Å². The van der Waals surface area contributed by atoms with Crippen molar-refractivity contribution in [1.29, 1.82) is 0 Å². The molecule has 2 rings (SSSR count). The monoisotopic (exact) mass is 617 g/mol. The molecular formula is C26H43N3O12Si. The molecule has 15 nitrogen and oxygen atoms in total. The number of amides is 1. The summed E-state index contributed by atoms with van der Waals surface area (Å²) < 4.78 is 41.3. The molecule has 238 valence electrons. The molecule has 0 aromatic carbocycles. The molecule has 0 saturated carbocycles. The van der Waals surface area contributed by atoms with Crippen LogP contribution in [0.25, 0.3) is 0 Å². The Kier molecular flexibility index (Phi) is 13.2. The molecular weight excluding hydrogens is 574 g/mol. The first-order valence-corrected chi connectivity index (χ1v) is 16.4. The van der Waals surface area contributed by atoms with Gasteiger partial charge < -0.3 is 43.3 Å². The van der Waals surface area contributed by atoms with Gasteiger partial charge in [0.2, 0.25) is 5.91 Å². The predicted octanol–water partition coefficient (Wildman–Crippen LogP) is 1.31. The topological polar surface area (TPSA) is 183 Å². The first-order valence-electron chi connectivity index (χ1n) is 13.5. The van der Waals surface area contributed by atoms with E-state index >= 15 is 0 Å². The van der Waals surface area contributed by atoms with E-state index in [2.05, 4.69) is 10.3 Å². The van der Waals surface area contributed by atoms with Crippen LogP contribution in [0.15, 0.2) is 17.1 Å². The lowest BCUT2D eigenvalue weighted by Gasteiger charge is -2.40. The molecule has 42 heavy (non-hydrogen) atoms. The van der Waals surface area contributed by atoms with Crippen LogP contribution in [0.4, 0.5) is 5.82 Å². The molecule has 0 radical (unpaired) electrons. The summed E-state index contributed by atoms with van der Waals surface area (Å²) in [5.41, 5.74) is -0.757. The van der Waals surface area contributed by atoms with Crippen molar-refractivity contribution < 1.29 is 52.3 Å². The highest BCUT2D eigenvalue weighted by atomic mass is 28.4. The highest BCUT2D eigenvalue weighted by Gasteiger charge is 2.52. The van der Waals surface area contributed by atoms with Crippen LogP contribution in [0.2, 0.25) is 18.1 Å². The molecule has 2 heterocycles. The van der Waals surface area contributed by atoms with Gasteiger partial charge in [-0.3, -0.25) is 19.0 Å². The van der Waals surface area contributed by atoms with Gasteiger partial charge in [-0.1, -0.05) is 20.8 Å². The summed E-state index contributed by atoms with van der Waals surface area (Å²) in [4.78, 5) is 50.7. The number of aliphatic hydroxyl groups is 1. The van der Waals surface area contributed by atoms with Crippen molar-refractivity contribution in [3.05, 3.63) is 22.7 Å². The number of hydrogen-bond donors (Lipinski definition) is 2. The van der Waals surface area contributed by atoms with Crippen molar-refractivity contribution in [1.82, 2.24) is 9.55 Å². The van der Waals surface area contributed by atoms with Gasteiger partial charge in [0.05, 0.1) is 19.8 Å². The van der Waals surface area contributed by atoms with Crippen LogP contribution in [-0.4, -0.2) is 98.6 Å². The zero-order valence-electron chi connectivity index (χ0n) is 25.4. The van der Waals surface area contributed by atoms with Crippen molar-refractivity contribution in [3.8, 4) is 0 Å². The summed E-state index contributed by atoms with van der Waals surface area (Å²) in [6, 6.07) is 1.42. The zero-order chi connectivity index (χ0) is 31.7. The maximum Gasteiger partial charge on any atom is 0.351 e. The Labute approximate surface area is 245 Å². The highest BCUT2D eigenvalue weighted by molar-refractivity contribution is 6.74. The average Bonchev–Trinajstić information content (AvgIpc) is 3.18. The summed E-state index contributed by atoms with van der Waals surface area (Å²) in [5, 5.41) is 12.5. The van der Waals surface area contributed by atoms with Crippen molar-refractivity contribution in [2.75, 3.05) is 38.4 Å². The van der Waals surface area contributed by atoms with Gasteiger partial charge in [-0.25, -0.2) is 4.79 Å². The van der Waals surface area contributed by atoms with Gasteiger partial charge in [0, 0.05) is 27.0 Å². The number of nitrogens with one attached hydrogen (secondary N) is 1. The third-order valence-electron chi connectivity index (χ3n) is 6.66. The smallest absolute Gasteiger partial charge is 0.351 e. The van der Waals surface area contributed by atoms with Crippen LogP contribution in [0.5, 0.6) is 0 Å². The second kappa shape index (κ2) is 15.7. The van der Waals surface area contributed by atoms with Gasteiger partial charge in [0.15, 0.2) is 14.5 Å². The molecule has 2 N–H and O–H groups in total. The molecule has 0 unspecified atom stereocenters. The van der Waals surface area contributed by atoms with Crippen molar-refractivity contribution in [2.45, 2.75) is 90.7 Å². The minimum Gasteiger partial charge on any atom is -0.463 e. The standard InChI is InChI=1S/C26H43N3O12Si/c1-16(31)27-20-9-10-29(24(34)28-20)23-22(21(19(15-30)39-23)41-42(7,8)26(4,5)6)40-25(37-13-11-35-17(2)32)38-14-12-36-18(3)33/h9-10,19,21-23,25,30H,11-15H2,1-8H3,(H,27,28,31,34)/t19-,21-,22-,23-/m1/s1. The Morgan fingerprint density at radius 2 is 1.62 bits per heavy atom. The Morgan fingerprint density at radius 1 is 1.05 bits per heavy atom. The van der Waals surface area contributed by atoms with Gasteiger partial charge in [-0.05, 0) is 24.2 Å². The molecule has 16 heteroatoms. The number of anilines is 1. The Bertz CT molecular complexity index is 1100. The van der Waals surface area contributed by atoms with E-state index in [1.165, 1.54) is 33.0 Å². The van der Waals surface area contributed by atoms with Crippen LogP contribution in [0, 0.1) is 0 Å². The number of esters is 2. The van der Waals surface area contributed by atoms with E-state index in [1.54, 1.807) is 0 Å². The fraction of sp³-hybridized carbons (Fsp3) is 0.731. The summed E-state index contributed by atoms with van der Waals surface area (Å²) >= 11 is 0. The van der Waals surface area contributed by atoms with E-state index in [4.69, 9.17) is 32.8 Å². The van der Waals surface area contributed by atoms with Crippen LogP contribution in [0.3, 0.4) is 0 Å². The Morgan fingerprint density at radius 3 is 2.07 bits per heavy atom. The Balaban J connectivity index is 2.45. The first-order chi connectivity index (χ1) is 19.6. The molecule has 1 aromatic rings. The Hall–Kier alpha value is -2.73. The van der Waals surface area contributed by atoms with E-state index < -0.39 is 69.5 Å². The molecule has 1 aliphatic heterocycles. The molecule has 1 aliphatic rings. The van der Waals surface area contributed by atoms with Gasteiger partial charge in [-0.15, -0.1) is 0 Å². The van der Waals surface area contributed by atoms with E-state index in [0.29, 0.717) is 0 Å². The highest BCUT2D eigenvalue weighted by Crippen LogP contribution is 2.42. The second-order valence-corrected chi connectivity index (χ2v) is 15.8. The number of aliphatic hydroxyl groups excluding tert-OH is 1. The molecule has 0 aliphatic carbocycles. The predicted molar refractivity (Wildman–Crippen MR) is 150 cm³/mol. The van der Waals surface area contributed by atoms with Crippen LogP contribution in [-0.2, 0) is 47.2 Å². The summed E-state index contributed by atoms with van der Waals surface area (Å²) in [6.07, 6.45) is -2.63. The largest absolute Gasteiger partial charge is 0.463 e. The molecule has 0 spiro atoms. The number of carbonyl (C=O) groups is 3. The molecule has 0 bridgehead atoms. The number of hydrogen-bond acceptors (Lipinski definition) is 13. The number of rotatable bonds is 15. The third kappa shape index (κ3) is 10.5. The quantitative estimate of drug-likeness (QED) is 0.124. The third-order valence-corrected chi connectivity index (χ3v) is 11.1. The first kappa shape index (κ1) is 35.5. The SMILES string of the molecule is CC(=O)Nc1ccn([C@@H]2O[C@H](CO)[C@@H](O[Si](C)(C)C(C)(C)C)[C@H]2OC(OCCOC(C)=O)OCCOC(C)=O)c(=O)n1. The minimum absolute atomic E-state index is 0.0486. The molecule has 1 fully saturated rings. The molecule has 1 amide bonds. The molecule has 1 saturated heterocycles. The van der Waals surface area contributed by atoms with E-state index in [-0.39, 0.29) is 37.3 Å². The van der Waals surface area contributed by atoms with Gasteiger partial charge in [0.25, 0.3) is 6.48 Å². The van der Waals surface area contributed by atoms with Crippen LogP contribution < -0.4 is 11.0 Å². The average molecular weight is 618 g/mol. The number of aromatic nitrogens is 2. The molecule has 1 aromatic heterocycles. The lowest BCUT2D eigenvalue weighted by atomic mass is 10.1. The summed E-state index contributed by atoms with van der Waals surface area (Å²) in [5.74, 6) is -1.35. The van der Waals surface area contributed by atoms with Crippen LogP contribution >= 0.6 is 0 Å². The van der Waals surface area contributed by atoms with Gasteiger partial charge in [0.1, 0.15) is 37.3 Å². The number of nitrogens with zero attached hydrogens (tertiary/aromatic N) is 2. The van der Waals surface area contributed by atoms with E-state index in [1.807, 2.05) is 33.9 Å².